The molecule has 0 saturated carbocycles. The molecular formula is C29H28ClNO7. The second-order valence-corrected chi connectivity index (χ2v) is 8.92. The van der Waals surface area contributed by atoms with Crippen LogP contribution in [0.4, 0.5) is 0 Å². The number of aliphatic hydroxyl groups is 1. The molecule has 1 unspecified atom stereocenters. The number of carbonyl (C=O) groups excluding carboxylic acids is 2. The molecule has 38 heavy (non-hydrogen) atoms. The molecule has 0 spiro atoms. The van der Waals surface area contributed by atoms with Crippen molar-refractivity contribution < 1.29 is 33.6 Å². The maximum Gasteiger partial charge on any atom is 0.290 e. The minimum absolute atomic E-state index is 0.00256. The second-order valence-electron chi connectivity index (χ2n) is 8.52. The van der Waals surface area contributed by atoms with Gasteiger partial charge in [0.05, 0.1) is 33.0 Å². The number of amides is 1. The maximum absolute atomic E-state index is 14.5. The highest BCUT2D eigenvalue weighted by Gasteiger charge is 2.53. The summed E-state index contributed by atoms with van der Waals surface area (Å²) < 4.78 is 21.8. The van der Waals surface area contributed by atoms with Crippen molar-refractivity contribution in [2.75, 3.05) is 27.9 Å². The largest absolute Gasteiger partial charge is 0.503 e. The highest BCUT2D eigenvalue weighted by atomic mass is 35.5. The van der Waals surface area contributed by atoms with Crippen molar-refractivity contribution in [3.63, 3.8) is 0 Å². The van der Waals surface area contributed by atoms with Gasteiger partial charge < -0.3 is 29.0 Å². The Morgan fingerprint density at radius 2 is 1.71 bits per heavy atom. The molecule has 1 amide bonds. The molecule has 8 nitrogen and oxygen atoms in total. The van der Waals surface area contributed by atoms with Crippen LogP contribution in [-0.2, 0) is 16.9 Å². The molecule has 0 fully saturated rings. The van der Waals surface area contributed by atoms with Gasteiger partial charge in [-0.3, -0.25) is 9.59 Å². The predicted molar refractivity (Wildman–Crippen MR) is 142 cm³/mol. The first kappa shape index (κ1) is 26.9. The molecule has 1 atom stereocenters. The number of carbonyl (C=O) groups is 2. The summed E-state index contributed by atoms with van der Waals surface area (Å²) in [5.41, 5.74) is -0.388. The third-order valence-electron chi connectivity index (χ3n) is 6.37. The number of halogens is 1. The Bertz CT molecular complexity index is 1400. The van der Waals surface area contributed by atoms with Gasteiger partial charge in [0.2, 0.25) is 0 Å². The van der Waals surface area contributed by atoms with E-state index >= 15 is 0 Å². The zero-order chi connectivity index (χ0) is 27.4. The van der Waals surface area contributed by atoms with E-state index in [9.17, 15) is 14.7 Å². The molecule has 0 radical (unpaired) electrons. The van der Waals surface area contributed by atoms with E-state index in [1.54, 1.807) is 55.6 Å². The molecule has 0 aliphatic carbocycles. The molecule has 1 aliphatic rings. The van der Waals surface area contributed by atoms with E-state index < -0.39 is 23.0 Å². The Labute approximate surface area is 225 Å². The number of ketones is 1. The summed E-state index contributed by atoms with van der Waals surface area (Å²) in [6, 6.07) is 16.7. The minimum atomic E-state index is -1.72. The smallest absolute Gasteiger partial charge is 0.290 e. The summed E-state index contributed by atoms with van der Waals surface area (Å²) in [5, 5.41) is 11.1. The van der Waals surface area contributed by atoms with Crippen LogP contribution in [0.5, 0.6) is 23.0 Å². The molecule has 1 heterocycles. The fourth-order valence-electron chi connectivity index (χ4n) is 4.55. The normalized spacial score (nSPS) is 16.7. The van der Waals surface area contributed by atoms with Crippen molar-refractivity contribution in [3.8, 4) is 23.0 Å². The molecule has 1 N–H and O–H groups in total. The van der Waals surface area contributed by atoms with Crippen molar-refractivity contribution >= 4 is 23.3 Å². The lowest BCUT2D eigenvalue weighted by Crippen LogP contribution is -2.49. The van der Waals surface area contributed by atoms with Gasteiger partial charge >= 0.3 is 0 Å². The molecule has 1 aliphatic heterocycles. The van der Waals surface area contributed by atoms with Crippen LogP contribution in [0.3, 0.4) is 0 Å². The van der Waals surface area contributed by atoms with Gasteiger partial charge in [-0.2, -0.15) is 0 Å². The minimum Gasteiger partial charge on any atom is -0.503 e. The molecule has 0 aromatic heterocycles. The van der Waals surface area contributed by atoms with Gasteiger partial charge in [0.15, 0.2) is 28.6 Å². The Balaban J connectivity index is 1.94. The van der Waals surface area contributed by atoms with Crippen molar-refractivity contribution in [3.05, 3.63) is 94.2 Å². The van der Waals surface area contributed by atoms with E-state index in [0.29, 0.717) is 45.8 Å². The summed E-state index contributed by atoms with van der Waals surface area (Å²) in [7, 11) is 4.52. The number of benzene rings is 3. The van der Waals surface area contributed by atoms with E-state index in [2.05, 4.69) is 0 Å². The molecule has 3 aromatic carbocycles. The van der Waals surface area contributed by atoms with Crippen LogP contribution in [0, 0.1) is 0 Å². The van der Waals surface area contributed by atoms with E-state index in [1.807, 2.05) is 13.0 Å². The van der Waals surface area contributed by atoms with Crippen LogP contribution in [0.15, 0.2) is 72.5 Å². The maximum atomic E-state index is 14.5. The van der Waals surface area contributed by atoms with E-state index in [1.165, 1.54) is 31.3 Å². The summed E-state index contributed by atoms with van der Waals surface area (Å²) in [6.07, 6.45) is 1.27. The van der Waals surface area contributed by atoms with Gasteiger partial charge in [-0.25, -0.2) is 0 Å². The monoisotopic (exact) mass is 537 g/mol. The molecule has 0 saturated heterocycles. The van der Waals surface area contributed by atoms with E-state index in [0.717, 1.165) is 0 Å². The number of hydrogen-bond acceptors (Lipinski definition) is 7. The molecular weight excluding hydrogens is 510 g/mol. The number of ether oxygens (including phenoxy) is 4. The number of aliphatic hydroxyl groups excluding tert-OH is 1. The summed E-state index contributed by atoms with van der Waals surface area (Å²) in [4.78, 5) is 29.2. The van der Waals surface area contributed by atoms with E-state index in [-0.39, 0.29) is 12.1 Å². The lowest BCUT2D eigenvalue weighted by Gasteiger charge is -2.37. The molecule has 0 bridgehead atoms. The quantitative estimate of drug-likeness (QED) is 0.349. The Hall–Kier alpha value is -4.17. The molecule has 198 valence electrons. The Morgan fingerprint density at radius 1 is 0.947 bits per heavy atom. The third kappa shape index (κ3) is 4.75. The number of methoxy groups -OCH3 is 3. The second kappa shape index (κ2) is 11.1. The molecule has 4 rings (SSSR count). The summed E-state index contributed by atoms with van der Waals surface area (Å²) >= 11 is 6.28. The van der Waals surface area contributed by atoms with Crippen LogP contribution < -0.4 is 18.9 Å². The first-order valence-electron chi connectivity index (χ1n) is 11.8. The highest BCUT2D eigenvalue weighted by molar-refractivity contribution is 6.32. The van der Waals surface area contributed by atoms with Crippen LogP contribution in [0.2, 0.25) is 5.02 Å². The van der Waals surface area contributed by atoms with Crippen molar-refractivity contribution in [1.29, 1.82) is 0 Å². The van der Waals surface area contributed by atoms with Crippen molar-refractivity contribution in [2.24, 2.45) is 0 Å². The number of nitrogens with zero attached hydrogens (tertiary/aromatic N) is 1. The van der Waals surface area contributed by atoms with Gasteiger partial charge in [0, 0.05) is 18.2 Å². The zero-order valence-electron chi connectivity index (χ0n) is 21.5. The van der Waals surface area contributed by atoms with Gasteiger partial charge in [-0.1, -0.05) is 29.8 Å². The lowest BCUT2D eigenvalue weighted by molar-refractivity contribution is -0.131. The van der Waals surface area contributed by atoms with Crippen LogP contribution in [-0.4, -0.2) is 49.6 Å². The van der Waals surface area contributed by atoms with Crippen molar-refractivity contribution in [2.45, 2.75) is 19.0 Å². The molecule has 3 aromatic rings. The van der Waals surface area contributed by atoms with Crippen LogP contribution >= 0.6 is 11.6 Å². The fraction of sp³-hybridized carbons (Fsp3) is 0.241. The molecule has 9 heteroatoms. The SMILES string of the molecule is CCOc1cc(C(=O)C2(c3ccc(OC)c(OC)c3)C=C(O)C(=O)N2Cc2cccc(OC)c2)ccc1Cl. The predicted octanol–water partition coefficient (Wildman–Crippen LogP) is 5.33. The zero-order valence-corrected chi connectivity index (χ0v) is 22.2. The summed E-state index contributed by atoms with van der Waals surface area (Å²) in [5.74, 6) is 0.0121. The summed E-state index contributed by atoms with van der Waals surface area (Å²) in [6.45, 7) is 2.16. The number of hydrogen-bond donors (Lipinski definition) is 1. The fourth-order valence-corrected chi connectivity index (χ4v) is 4.72. The average Bonchev–Trinajstić information content (AvgIpc) is 3.19. The Kier molecular flexibility index (Phi) is 7.83. The van der Waals surface area contributed by atoms with Crippen LogP contribution in [0.25, 0.3) is 0 Å². The van der Waals surface area contributed by atoms with Crippen LogP contribution in [0.1, 0.15) is 28.4 Å². The lowest BCUT2D eigenvalue weighted by atomic mass is 9.81. The van der Waals surface area contributed by atoms with E-state index in [4.69, 9.17) is 30.5 Å². The number of Topliss-reactive ketones (excluding diaryl/α,β-unsaturated/α-hetero) is 1. The first-order chi connectivity index (χ1) is 18.3. The van der Waals surface area contributed by atoms with Gasteiger partial charge in [0.1, 0.15) is 11.5 Å². The van der Waals surface area contributed by atoms with Gasteiger partial charge in [-0.15, -0.1) is 0 Å². The third-order valence-corrected chi connectivity index (χ3v) is 6.69. The average molecular weight is 538 g/mol. The standard InChI is InChI=1S/C29H28ClNO7/c1-5-38-25-14-19(9-11-22(25)30)27(33)29(20-10-12-24(36-3)26(15-20)37-4)16-23(32)28(34)31(29)17-18-7-6-8-21(13-18)35-2/h6-16,32H,5,17H2,1-4H3. The van der Waals surface area contributed by atoms with Crippen molar-refractivity contribution in [1.82, 2.24) is 4.90 Å². The number of rotatable bonds is 10. The highest BCUT2D eigenvalue weighted by Crippen LogP contribution is 2.44. The van der Waals surface area contributed by atoms with Gasteiger partial charge in [0.25, 0.3) is 5.91 Å². The topological polar surface area (TPSA) is 94.5 Å². The first-order valence-corrected chi connectivity index (χ1v) is 12.2. The Morgan fingerprint density at radius 3 is 2.39 bits per heavy atom. The van der Waals surface area contributed by atoms with Gasteiger partial charge in [-0.05, 0) is 60.5 Å².